The van der Waals surface area contributed by atoms with Crippen molar-refractivity contribution in [3.8, 4) is 0 Å². The SMILES string of the molecule is COCc1ccccc1Nc1ncccc1N. The van der Waals surface area contributed by atoms with Crippen molar-refractivity contribution in [2.45, 2.75) is 6.61 Å². The molecule has 1 aromatic carbocycles. The molecular formula is C13H15N3O. The second kappa shape index (κ2) is 5.32. The summed E-state index contributed by atoms with van der Waals surface area (Å²) in [7, 11) is 1.67. The first-order chi connectivity index (χ1) is 8.31. The van der Waals surface area contributed by atoms with E-state index in [0.717, 1.165) is 11.3 Å². The highest BCUT2D eigenvalue weighted by Gasteiger charge is 2.04. The third kappa shape index (κ3) is 2.73. The molecule has 0 aliphatic heterocycles. The Bertz CT molecular complexity index is 500. The van der Waals surface area contributed by atoms with Crippen LogP contribution in [0.1, 0.15) is 5.56 Å². The number of nitrogen functional groups attached to an aromatic ring is 1. The summed E-state index contributed by atoms with van der Waals surface area (Å²) in [5.41, 5.74) is 8.49. The molecule has 0 unspecified atom stereocenters. The molecule has 0 aliphatic rings. The molecule has 0 saturated heterocycles. The van der Waals surface area contributed by atoms with E-state index in [1.807, 2.05) is 36.4 Å². The van der Waals surface area contributed by atoms with E-state index in [0.29, 0.717) is 18.1 Å². The topological polar surface area (TPSA) is 60.2 Å². The lowest BCUT2D eigenvalue weighted by atomic mass is 10.2. The molecule has 3 N–H and O–H groups in total. The van der Waals surface area contributed by atoms with Gasteiger partial charge in [-0.05, 0) is 18.2 Å². The van der Waals surface area contributed by atoms with Crippen molar-refractivity contribution in [3.05, 3.63) is 48.2 Å². The van der Waals surface area contributed by atoms with Crippen LogP contribution in [0.3, 0.4) is 0 Å². The van der Waals surface area contributed by atoms with Crippen molar-refractivity contribution in [1.29, 1.82) is 0 Å². The largest absolute Gasteiger partial charge is 0.396 e. The molecule has 0 fully saturated rings. The number of para-hydroxylation sites is 1. The second-order valence-electron chi connectivity index (χ2n) is 3.66. The number of aromatic nitrogens is 1. The van der Waals surface area contributed by atoms with Gasteiger partial charge < -0.3 is 15.8 Å². The Labute approximate surface area is 100 Å². The first-order valence-corrected chi connectivity index (χ1v) is 5.35. The highest BCUT2D eigenvalue weighted by molar-refractivity contribution is 5.69. The number of rotatable bonds is 4. The second-order valence-corrected chi connectivity index (χ2v) is 3.66. The molecule has 0 amide bonds. The zero-order valence-electron chi connectivity index (χ0n) is 9.68. The maximum absolute atomic E-state index is 5.84. The molecule has 4 nitrogen and oxygen atoms in total. The van der Waals surface area contributed by atoms with E-state index in [1.54, 1.807) is 13.3 Å². The van der Waals surface area contributed by atoms with Gasteiger partial charge in [0.05, 0.1) is 12.3 Å². The smallest absolute Gasteiger partial charge is 0.153 e. The fraction of sp³-hybridized carbons (Fsp3) is 0.154. The van der Waals surface area contributed by atoms with E-state index < -0.39 is 0 Å². The van der Waals surface area contributed by atoms with Crippen LogP contribution in [-0.4, -0.2) is 12.1 Å². The van der Waals surface area contributed by atoms with Gasteiger partial charge in [-0.3, -0.25) is 0 Å². The van der Waals surface area contributed by atoms with Crippen LogP contribution in [0, 0.1) is 0 Å². The monoisotopic (exact) mass is 229 g/mol. The van der Waals surface area contributed by atoms with Crippen LogP contribution in [0.5, 0.6) is 0 Å². The molecule has 0 saturated carbocycles. The molecule has 0 radical (unpaired) electrons. The molecule has 0 atom stereocenters. The van der Waals surface area contributed by atoms with Crippen LogP contribution in [-0.2, 0) is 11.3 Å². The third-order valence-electron chi connectivity index (χ3n) is 2.41. The molecule has 0 aliphatic carbocycles. The van der Waals surface area contributed by atoms with Gasteiger partial charge in [0.25, 0.3) is 0 Å². The van der Waals surface area contributed by atoms with Crippen molar-refractivity contribution < 1.29 is 4.74 Å². The summed E-state index contributed by atoms with van der Waals surface area (Å²) in [6.45, 7) is 0.551. The number of hydrogen-bond acceptors (Lipinski definition) is 4. The van der Waals surface area contributed by atoms with Crippen molar-refractivity contribution in [3.63, 3.8) is 0 Å². The predicted molar refractivity (Wildman–Crippen MR) is 69.1 cm³/mol. The molecule has 88 valence electrons. The van der Waals surface area contributed by atoms with Crippen LogP contribution in [0.25, 0.3) is 0 Å². The third-order valence-corrected chi connectivity index (χ3v) is 2.41. The molecule has 1 heterocycles. The maximum atomic E-state index is 5.84. The van der Waals surface area contributed by atoms with E-state index in [9.17, 15) is 0 Å². The number of nitrogens with two attached hydrogens (primary N) is 1. The first kappa shape index (κ1) is 11.4. The van der Waals surface area contributed by atoms with Crippen molar-refractivity contribution in [2.24, 2.45) is 0 Å². The van der Waals surface area contributed by atoms with E-state index in [-0.39, 0.29) is 0 Å². The van der Waals surface area contributed by atoms with E-state index in [2.05, 4.69) is 10.3 Å². The van der Waals surface area contributed by atoms with Crippen molar-refractivity contribution in [2.75, 3.05) is 18.2 Å². The minimum atomic E-state index is 0.551. The number of methoxy groups -OCH3 is 1. The highest BCUT2D eigenvalue weighted by atomic mass is 16.5. The minimum absolute atomic E-state index is 0.551. The first-order valence-electron chi connectivity index (χ1n) is 5.35. The lowest BCUT2D eigenvalue weighted by Gasteiger charge is -2.11. The Morgan fingerprint density at radius 3 is 2.82 bits per heavy atom. The Balaban J connectivity index is 2.27. The molecule has 0 bridgehead atoms. The van der Waals surface area contributed by atoms with Gasteiger partial charge in [-0.1, -0.05) is 18.2 Å². The molecule has 17 heavy (non-hydrogen) atoms. The van der Waals surface area contributed by atoms with Gasteiger partial charge in [-0.2, -0.15) is 0 Å². The molecule has 2 aromatic rings. The van der Waals surface area contributed by atoms with E-state index in [4.69, 9.17) is 10.5 Å². The van der Waals surface area contributed by atoms with Gasteiger partial charge in [-0.15, -0.1) is 0 Å². The normalized spacial score (nSPS) is 10.2. The molecular weight excluding hydrogens is 214 g/mol. The van der Waals surface area contributed by atoms with Gasteiger partial charge in [0, 0.05) is 24.6 Å². The molecule has 4 heteroatoms. The molecule has 2 rings (SSSR count). The fourth-order valence-corrected chi connectivity index (χ4v) is 1.57. The Hall–Kier alpha value is -2.07. The van der Waals surface area contributed by atoms with Crippen molar-refractivity contribution in [1.82, 2.24) is 4.98 Å². The summed E-state index contributed by atoms with van der Waals surface area (Å²) in [4.78, 5) is 4.20. The average molecular weight is 229 g/mol. The van der Waals surface area contributed by atoms with Crippen LogP contribution < -0.4 is 11.1 Å². The maximum Gasteiger partial charge on any atom is 0.153 e. The van der Waals surface area contributed by atoms with Crippen LogP contribution in [0.15, 0.2) is 42.6 Å². The van der Waals surface area contributed by atoms with Crippen molar-refractivity contribution >= 4 is 17.2 Å². The Morgan fingerprint density at radius 1 is 1.24 bits per heavy atom. The number of pyridine rings is 1. The predicted octanol–water partition coefficient (Wildman–Crippen LogP) is 2.55. The summed E-state index contributed by atoms with van der Waals surface area (Å²) in [6, 6.07) is 11.5. The molecule has 0 spiro atoms. The molecule has 1 aromatic heterocycles. The van der Waals surface area contributed by atoms with Crippen LogP contribution in [0.2, 0.25) is 0 Å². The number of ether oxygens (including phenoxy) is 1. The van der Waals surface area contributed by atoms with Gasteiger partial charge >= 0.3 is 0 Å². The number of benzene rings is 1. The summed E-state index contributed by atoms with van der Waals surface area (Å²) in [6.07, 6.45) is 1.71. The fourth-order valence-electron chi connectivity index (χ4n) is 1.57. The zero-order chi connectivity index (χ0) is 12.1. The number of hydrogen-bond donors (Lipinski definition) is 2. The van der Waals surface area contributed by atoms with Crippen LogP contribution >= 0.6 is 0 Å². The summed E-state index contributed by atoms with van der Waals surface area (Å²) in [5.74, 6) is 0.663. The number of nitrogens with one attached hydrogen (secondary N) is 1. The van der Waals surface area contributed by atoms with E-state index >= 15 is 0 Å². The Kier molecular flexibility index (Phi) is 3.57. The average Bonchev–Trinajstić information content (AvgIpc) is 2.35. The standard InChI is InChI=1S/C13H15N3O/c1-17-9-10-5-2-3-7-12(10)16-13-11(14)6-4-8-15-13/h2-8H,9,14H2,1H3,(H,15,16). The lowest BCUT2D eigenvalue weighted by Crippen LogP contribution is -2.01. The summed E-state index contributed by atoms with van der Waals surface area (Å²) < 4.78 is 5.14. The van der Waals surface area contributed by atoms with Crippen LogP contribution in [0.4, 0.5) is 17.2 Å². The number of anilines is 3. The van der Waals surface area contributed by atoms with Gasteiger partial charge in [-0.25, -0.2) is 4.98 Å². The summed E-state index contributed by atoms with van der Waals surface area (Å²) in [5, 5.41) is 3.21. The summed E-state index contributed by atoms with van der Waals surface area (Å²) >= 11 is 0. The quantitative estimate of drug-likeness (QED) is 0.845. The van der Waals surface area contributed by atoms with E-state index in [1.165, 1.54) is 0 Å². The van der Waals surface area contributed by atoms with Gasteiger partial charge in [0.2, 0.25) is 0 Å². The minimum Gasteiger partial charge on any atom is -0.396 e. The zero-order valence-corrected chi connectivity index (χ0v) is 9.68. The lowest BCUT2D eigenvalue weighted by molar-refractivity contribution is 0.185. The number of nitrogens with zero attached hydrogens (tertiary/aromatic N) is 1. The Morgan fingerprint density at radius 2 is 2.06 bits per heavy atom. The van der Waals surface area contributed by atoms with Gasteiger partial charge in [0.15, 0.2) is 5.82 Å². The highest BCUT2D eigenvalue weighted by Crippen LogP contribution is 2.23. The van der Waals surface area contributed by atoms with Gasteiger partial charge in [0.1, 0.15) is 0 Å².